The van der Waals surface area contributed by atoms with Crippen molar-refractivity contribution in [3.8, 4) is 0 Å². The Bertz CT molecular complexity index is 266. The second kappa shape index (κ2) is 5.48. The summed E-state index contributed by atoms with van der Waals surface area (Å²) in [5.74, 6) is -0.204. The Morgan fingerprint density at radius 2 is 1.69 bits per heavy atom. The average Bonchev–Trinajstić information content (AvgIpc) is 2.73. The third-order valence-electron chi connectivity index (χ3n) is 3.26. The van der Waals surface area contributed by atoms with Gasteiger partial charge in [0.05, 0.1) is 12.2 Å². The molecular formula is C13H20O3. The number of hydrogen-bond acceptors (Lipinski definition) is 3. The van der Waals surface area contributed by atoms with E-state index in [-0.39, 0.29) is 18.2 Å². The van der Waals surface area contributed by atoms with Gasteiger partial charge >= 0.3 is 5.97 Å². The summed E-state index contributed by atoms with van der Waals surface area (Å²) in [7, 11) is 0. The molecule has 1 saturated carbocycles. The summed E-state index contributed by atoms with van der Waals surface area (Å²) in [6, 6.07) is 0. The summed E-state index contributed by atoms with van der Waals surface area (Å²) in [6.45, 7) is 1.45. The molecule has 1 fully saturated rings. The quantitative estimate of drug-likeness (QED) is 0.546. The number of carbonyl (C=O) groups excluding carboxylic acids is 1. The Hall–Kier alpha value is -0.830. The fourth-order valence-corrected chi connectivity index (χ4v) is 2.47. The van der Waals surface area contributed by atoms with Crippen molar-refractivity contribution in [1.29, 1.82) is 0 Å². The fourth-order valence-electron chi connectivity index (χ4n) is 2.47. The fraction of sp³-hybridized carbons (Fsp3) is 0.769. The molecule has 2 aliphatic carbocycles. The van der Waals surface area contributed by atoms with E-state index in [4.69, 9.17) is 9.47 Å². The maximum absolute atomic E-state index is 10.8. The van der Waals surface area contributed by atoms with Gasteiger partial charge in [-0.3, -0.25) is 4.79 Å². The van der Waals surface area contributed by atoms with E-state index in [2.05, 4.69) is 6.08 Å². The molecule has 0 bridgehead atoms. The minimum absolute atomic E-state index is 0.0408. The lowest BCUT2D eigenvalue weighted by Crippen LogP contribution is -2.25. The maximum atomic E-state index is 10.8. The zero-order chi connectivity index (χ0) is 11.4. The molecule has 0 aliphatic heterocycles. The number of carbonyl (C=O) groups is 1. The highest BCUT2D eigenvalue weighted by atomic mass is 16.5. The van der Waals surface area contributed by atoms with Crippen molar-refractivity contribution in [3.05, 3.63) is 12.2 Å². The molecular weight excluding hydrogens is 204 g/mol. The monoisotopic (exact) mass is 224 g/mol. The van der Waals surface area contributed by atoms with Crippen LogP contribution >= 0.6 is 0 Å². The van der Waals surface area contributed by atoms with Crippen LogP contribution < -0.4 is 0 Å². The Morgan fingerprint density at radius 1 is 1.06 bits per heavy atom. The van der Waals surface area contributed by atoms with Crippen LogP contribution in [0.3, 0.4) is 0 Å². The minimum Gasteiger partial charge on any atom is -0.458 e. The van der Waals surface area contributed by atoms with E-state index in [0.717, 1.165) is 12.8 Å². The van der Waals surface area contributed by atoms with Crippen LogP contribution in [-0.2, 0) is 14.3 Å². The molecule has 0 aromatic rings. The summed E-state index contributed by atoms with van der Waals surface area (Å²) in [4.78, 5) is 10.8. The van der Waals surface area contributed by atoms with Crippen LogP contribution in [0.1, 0.15) is 45.4 Å². The first-order valence-corrected chi connectivity index (χ1v) is 6.25. The lowest BCUT2D eigenvalue weighted by Gasteiger charge is -2.25. The van der Waals surface area contributed by atoms with E-state index in [9.17, 15) is 4.79 Å². The molecule has 3 nitrogen and oxygen atoms in total. The zero-order valence-electron chi connectivity index (χ0n) is 9.85. The van der Waals surface area contributed by atoms with Crippen LogP contribution in [-0.4, -0.2) is 24.3 Å². The molecule has 0 aromatic heterocycles. The summed E-state index contributed by atoms with van der Waals surface area (Å²) in [5, 5.41) is 0. The largest absolute Gasteiger partial charge is 0.458 e. The van der Waals surface area contributed by atoms with Crippen molar-refractivity contribution in [3.63, 3.8) is 0 Å². The van der Waals surface area contributed by atoms with Gasteiger partial charge in [0.15, 0.2) is 0 Å². The molecule has 0 aromatic carbocycles. The summed E-state index contributed by atoms with van der Waals surface area (Å²) < 4.78 is 11.1. The average molecular weight is 224 g/mol. The zero-order valence-corrected chi connectivity index (χ0v) is 9.85. The lowest BCUT2D eigenvalue weighted by molar-refractivity contribution is -0.145. The highest BCUT2D eigenvalue weighted by Gasteiger charge is 2.23. The van der Waals surface area contributed by atoms with Gasteiger partial charge in [-0.25, -0.2) is 0 Å². The number of rotatable bonds is 3. The second-order valence-corrected chi connectivity index (χ2v) is 4.69. The molecule has 2 rings (SSSR count). The van der Waals surface area contributed by atoms with Crippen LogP contribution in [0.15, 0.2) is 12.2 Å². The Kier molecular flexibility index (Phi) is 3.99. The van der Waals surface area contributed by atoms with Crippen LogP contribution in [0.25, 0.3) is 0 Å². The van der Waals surface area contributed by atoms with Gasteiger partial charge in [-0.1, -0.05) is 18.9 Å². The van der Waals surface area contributed by atoms with Gasteiger partial charge in [0.25, 0.3) is 0 Å². The van der Waals surface area contributed by atoms with Crippen molar-refractivity contribution < 1.29 is 14.3 Å². The number of ether oxygens (including phenoxy) is 2. The molecule has 0 heterocycles. The van der Waals surface area contributed by atoms with E-state index < -0.39 is 0 Å². The summed E-state index contributed by atoms with van der Waals surface area (Å²) in [6.07, 6.45) is 11.5. The minimum atomic E-state index is -0.204. The van der Waals surface area contributed by atoms with Crippen molar-refractivity contribution in [2.75, 3.05) is 0 Å². The predicted octanol–water partition coefficient (Wildman–Crippen LogP) is 2.60. The lowest BCUT2D eigenvalue weighted by atomic mass is 10.0. The third-order valence-corrected chi connectivity index (χ3v) is 3.26. The molecule has 0 saturated heterocycles. The molecule has 2 aliphatic rings. The molecule has 0 N–H and O–H groups in total. The van der Waals surface area contributed by atoms with Gasteiger partial charge < -0.3 is 9.47 Å². The van der Waals surface area contributed by atoms with Crippen molar-refractivity contribution in [1.82, 2.24) is 0 Å². The Morgan fingerprint density at radius 3 is 2.25 bits per heavy atom. The van der Waals surface area contributed by atoms with E-state index in [1.54, 1.807) is 0 Å². The van der Waals surface area contributed by atoms with Gasteiger partial charge in [-0.2, -0.15) is 0 Å². The van der Waals surface area contributed by atoms with E-state index >= 15 is 0 Å². The van der Waals surface area contributed by atoms with Crippen LogP contribution in [0, 0.1) is 0 Å². The predicted molar refractivity (Wildman–Crippen MR) is 61.1 cm³/mol. The van der Waals surface area contributed by atoms with E-state index in [1.807, 2.05) is 6.08 Å². The molecule has 0 amide bonds. The molecule has 16 heavy (non-hydrogen) atoms. The topological polar surface area (TPSA) is 35.5 Å². The smallest absolute Gasteiger partial charge is 0.303 e. The molecule has 2 atom stereocenters. The number of esters is 1. The normalized spacial score (nSPS) is 30.6. The first kappa shape index (κ1) is 11.6. The summed E-state index contributed by atoms with van der Waals surface area (Å²) in [5.41, 5.74) is 0. The highest BCUT2D eigenvalue weighted by molar-refractivity contribution is 5.66. The van der Waals surface area contributed by atoms with Crippen molar-refractivity contribution in [2.45, 2.75) is 63.8 Å². The van der Waals surface area contributed by atoms with Crippen molar-refractivity contribution >= 4 is 5.97 Å². The van der Waals surface area contributed by atoms with Crippen molar-refractivity contribution in [2.24, 2.45) is 0 Å². The molecule has 0 spiro atoms. The third kappa shape index (κ3) is 3.34. The van der Waals surface area contributed by atoms with E-state index in [1.165, 1.54) is 32.6 Å². The Balaban J connectivity index is 1.75. The standard InChI is InChI=1S/C13H20O3/c1-10(14)15-12-6-8-13(9-7-12)16-11-4-2-3-5-11/h6,8,11-13H,2-5,7,9H2,1H3/t12-,13-/m0/s1. The molecule has 0 radical (unpaired) electrons. The van der Waals surface area contributed by atoms with Crippen LogP contribution in [0.5, 0.6) is 0 Å². The van der Waals surface area contributed by atoms with Gasteiger partial charge in [0.2, 0.25) is 0 Å². The Labute approximate surface area is 96.8 Å². The highest BCUT2D eigenvalue weighted by Crippen LogP contribution is 2.25. The van der Waals surface area contributed by atoms with Crippen LogP contribution in [0.2, 0.25) is 0 Å². The first-order valence-electron chi connectivity index (χ1n) is 6.25. The molecule has 0 unspecified atom stereocenters. The molecule has 3 heteroatoms. The van der Waals surface area contributed by atoms with Gasteiger partial charge in [0.1, 0.15) is 6.10 Å². The first-order chi connectivity index (χ1) is 7.74. The maximum Gasteiger partial charge on any atom is 0.303 e. The van der Waals surface area contributed by atoms with E-state index in [0.29, 0.717) is 6.10 Å². The molecule has 90 valence electrons. The van der Waals surface area contributed by atoms with Crippen LogP contribution in [0.4, 0.5) is 0 Å². The SMILES string of the molecule is CC(=O)O[C@H]1C=C[C@H](OC2CCCC2)CC1. The second-order valence-electron chi connectivity index (χ2n) is 4.69. The summed E-state index contributed by atoms with van der Waals surface area (Å²) >= 11 is 0. The van der Waals surface area contributed by atoms with Gasteiger partial charge in [0, 0.05) is 6.92 Å². The van der Waals surface area contributed by atoms with Gasteiger partial charge in [-0.05, 0) is 31.8 Å². The van der Waals surface area contributed by atoms with Gasteiger partial charge in [-0.15, -0.1) is 0 Å². The number of hydrogen-bond donors (Lipinski definition) is 0.